The van der Waals surface area contributed by atoms with Crippen molar-refractivity contribution in [2.45, 2.75) is 25.0 Å². The molecule has 0 bridgehead atoms. The third kappa shape index (κ3) is 5.04. The lowest BCUT2D eigenvalue weighted by molar-refractivity contribution is -0.113. The summed E-state index contributed by atoms with van der Waals surface area (Å²) >= 11 is 22.5. The molecule has 0 saturated heterocycles. The number of amides is 1. The second-order valence-corrected chi connectivity index (χ2v) is 8.59. The molecule has 1 N–H and O–H groups in total. The van der Waals surface area contributed by atoms with Gasteiger partial charge in [-0.1, -0.05) is 53.5 Å². The standard InChI is InChI=1S/C17H14BrCl3N4O2S/c1-2-5-25-16(13-3-4-14(18)27-13)23-24-17(25)28-8-15(26)22-12-7-10(20)9(19)6-11(12)21/h3-4,6-7H,2,5,8H2,1H3,(H,22,26). The minimum absolute atomic E-state index is 0.125. The Labute approximate surface area is 189 Å². The van der Waals surface area contributed by atoms with Crippen LogP contribution in [-0.4, -0.2) is 26.4 Å². The van der Waals surface area contributed by atoms with Crippen LogP contribution in [0.1, 0.15) is 13.3 Å². The van der Waals surface area contributed by atoms with Crippen LogP contribution in [0.4, 0.5) is 5.69 Å². The average Bonchev–Trinajstić information content (AvgIpc) is 3.24. The molecule has 28 heavy (non-hydrogen) atoms. The molecule has 11 heteroatoms. The molecule has 0 radical (unpaired) electrons. The van der Waals surface area contributed by atoms with Gasteiger partial charge < -0.3 is 9.73 Å². The number of furan rings is 1. The van der Waals surface area contributed by atoms with Gasteiger partial charge in [0, 0.05) is 6.54 Å². The summed E-state index contributed by atoms with van der Waals surface area (Å²) in [6.07, 6.45) is 0.881. The molecule has 0 aliphatic heterocycles. The second-order valence-electron chi connectivity index (χ2n) is 5.64. The van der Waals surface area contributed by atoms with E-state index in [1.807, 2.05) is 10.6 Å². The number of hydrogen-bond acceptors (Lipinski definition) is 5. The topological polar surface area (TPSA) is 73.0 Å². The van der Waals surface area contributed by atoms with Gasteiger partial charge in [0.15, 0.2) is 15.6 Å². The van der Waals surface area contributed by atoms with Crippen molar-refractivity contribution in [2.24, 2.45) is 0 Å². The van der Waals surface area contributed by atoms with Gasteiger partial charge in [0.25, 0.3) is 0 Å². The highest BCUT2D eigenvalue weighted by molar-refractivity contribution is 9.10. The molecule has 0 atom stereocenters. The van der Waals surface area contributed by atoms with Gasteiger partial charge in [0.05, 0.1) is 26.5 Å². The first-order chi connectivity index (χ1) is 13.4. The molecule has 1 amide bonds. The molecule has 148 valence electrons. The van der Waals surface area contributed by atoms with Crippen molar-refractivity contribution in [3.8, 4) is 11.6 Å². The van der Waals surface area contributed by atoms with Crippen molar-refractivity contribution in [2.75, 3.05) is 11.1 Å². The number of benzene rings is 1. The maximum atomic E-state index is 12.3. The fraction of sp³-hybridized carbons (Fsp3) is 0.235. The highest BCUT2D eigenvalue weighted by Crippen LogP contribution is 2.32. The molecule has 1 aromatic carbocycles. The summed E-state index contributed by atoms with van der Waals surface area (Å²) in [6.45, 7) is 2.75. The fourth-order valence-corrected chi connectivity index (χ4v) is 4.04. The van der Waals surface area contributed by atoms with Crippen molar-refractivity contribution in [1.29, 1.82) is 0 Å². The van der Waals surface area contributed by atoms with E-state index in [0.29, 0.717) is 48.7 Å². The smallest absolute Gasteiger partial charge is 0.234 e. The number of rotatable bonds is 7. The molecule has 3 aromatic rings. The summed E-state index contributed by atoms with van der Waals surface area (Å²) in [4.78, 5) is 12.3. The van der Waals surface area contributed by atoms with E-state index in [4.69, 9.17) is 39.2 Å². The minimum Gasteiger partial charge on any atom is -0.446 e. The van der Waals surface area contributed by atoms with Crippen molar-refractivity contribution in [3.05, 3.63) is 44.0 Å². The largest absolute Gasteiger partial charge is 0.446 e. The van der Waals surface area contributed by atoms with E-state index in [9.17, 15) is 4.79 Å². The zero-order valence-electron chi connectivity index (χ0n) is 14.5. The van der Waals surface area contributed by atoms with E-state index in [-0.39, 0.29) is 11.7 Å². The maximum absolute atomic E-state index is 12.3. The Morgan fingerprint density at radius 3 is 2.64 bits per heavy atom. The third-order valence-corrected chi connectivity index (χ3v) is 6.00. The summed E-state index contributed by atoms with van der Waals surface area (Å²) in [5, 5.41) is 12.7. The van der Waals surface area contributed by atoms with Crippen LogP contribution in [-0.2, 0) is 11.3 Å². The molecule has 3 rings (SSSR count). The molecule has 6 nitrogen and oxygen atoms in total. The summed E-state index contributed by atoms with van der Waals surface area (Å²) in [7, 11) is 0. The van der Waals surface area contributed by atoms with E-state index in [2.05, 4.69) is 38.4 Å². The summed E-state index contributed by atoms with van der Waals surface area (Å²) < 4.78 is 8.11. The van der Waals surface area contributed by atoms with Crippen LogP contribution in [0.3, 0.4) is 0 Å². The lowest BCUT2D eigenvalue weighted by Crippen LogP contribution is -2.15. The lowest BCUT2D eigenvalue weighted by Gasteiger charge is -2.09. The Hall–Kier alpha value is -1.19. The second kappa shape index (κ2) is 9.54. The molecular formula is C17H14BrCl3N4O2S. The number of aromatic nitrogens is 3. The molecule has 0 spiro atoms. The van der Waals surface area contributed by atoms with Crippen LogP contribution >= 0.6 is 62.5 Å². The van der Waals surface area contributed by atoms with Gasteiger partial charge in [-0.3, -0.25) is 9.36 Å². The molecule has 2 aromatic heterocycles. The fourth-order valence-electron chi connectivity index (χ4n) is 2.37. The number of thioether (sulfide) groups is 1. The summed E-state index contributed by atoms with van der Waals surface area (Å²) in [5.74, 6) is 1.09. The molecule has 0 aliphatic carbocycles. The van der Waals surface area contributed by atoms with Gasteiger partial charge in [-0.25, -0.2) is 0 Å². The van der Waals surface area contributed by atoms with Crippen LogP contribution in [0.25, 0.3) is 11.6 Å². The van der Waals surface area contributed by atoms with Gasteiger partial charge in [0.1, 0.15) is 0 Å². The number of carbonyl (C=O) groups excluding carboxylic acids is 1. The van der Waals surface area contributed by atoms with Crippen LogP contribution in [0.15, 0.2) is 38.5 Å². The van der Waals surface area contributed by atoms with Crippen molar-refractivity contribution in [3.63, 3.8) is 0 Å². The first-order valence-electron chi connectivity index (χ1n) is 8.15. The van der Waals surface area contributed by atoms with Crippen molar-refractivity contribution < 1.29 is 9.21 Å². The Morgan fingerprint density at radius 1 is 1.21 bits per heavy atom. The summed E-state index contributed by atoms with van der Waals surface area (Å²) in [6, 6.07) is 6.61. The minimum atomic E-state index is -0.251. The molecular weight excluding hydrogens is 511 g/mol. The van der Waals surface area contributed by atoms with Gasteiger partial charge >= 0.3 is 0 Å². The quantitative estimate of drug-likeness (QED) is 0.286. The predicted molar refractivity (Wildman–Crippen MR) is 117 cm³/mol. The zero-order chi connectivity index (χ0) is 20.3. The van der Waals surface area contributed by atoms with Gasteiger partial charge in [-0.05, 0) is 46.6 Å². The van der Waals surface area contributed by atoms with E-state index in [0.717, 1.165) is 6.42 Å². The highest BCUT2D eigenvalue weighted by Gasteiger charge is 2.18. The number of nitrogens with zero attached hydrogens (tertiary/aromatic N) is 3. The van der Waals surface area contributed by atoms with E-state index < -0.39 is 0 Å². The molecule has 0 unspecified atom stereocenters. The monoisotopic (exact) mass is 522 g/mol. The number of carbonyl (C=O) groups is 1. The number of anilines is 1. The molecule has 0 fully saturated rings. The third-order valence-electron chi connectivity index (χ3n) is 3.57. The Balaban J connectivity index is 1.71. The molecule has 0 aliphatic rings. The van der Waals surface area contributed by atoms with Gasteiger partial charge in [-0.15, -0.1) is 10.2 Å². The normalized spacial score (nSPS) is 11.0. The molecule has 2 heterocycles. The van der Waals surface area contributed by atoms with Crippen LogP contribution in [0, 0.1) is 0 Å². The Morgan fingerprint density at radius 2 is 1.96 bits per heavy atom. The highest BCUT2D eigenvalue weighted by atomic mass is 79.9. The van der Waals surface area contributed by atoms with E-state index in [1.54, 1.807) is 6.07 Å². The van der Waals surface area contributed by atoms with Crippen LogP contribution < -0.4 is 5.32 Å². The van der Waals surface area contributed by atoms with Gasteiger partial charge in [-0.2, -0.15) is 0 Å². The van der Waals surface area contributed by atoms with Crippen molar-refractivity contribution >= 4 is 74.1 Å². The average molecular weight is 525 g/mol. The zero-order valence-corrected chi connectivity index (χ0v) is 19.2. The van der Waals surface area contributed by atoms with Crippen LogP contribution in [0.2, 0.25) is 15.1 Å². The SMILES string of the molecule is CCCn1c(SCC(=O)Nc2cc(Cl)c(Cl)cc2Cl)nnc1-c1ccc(Br)o1. The first-order valence-corrected chi connectivity index (χ1v) is 11.1. The maximum Gasteiger partial charge on any atom is 0.234 e. The number of nitrogens with one attached hydrogen (secondary N) is 1. The van der Waals surface area contributed by atoms with E-state index >= 15 is 0 Å². The van der Waals surface area contributed by atoms with Gasteiger partial charge in [0.2, 0.25) is 11.7 Å². The summed E-state index contributed by atoms with van der Waals surface area (Å²) in [5.41, 5.74) is 0.401. The number of halogens is 4. The number of hydrogen-bond donors (Lipinski definition) is 1. The lowest BCUT2D eigenvalue weighted by atomic mass is 10.3. The predicted octanol–water partition coefficient (Wildman–Crippen LogP) is 6.40. The Kier molecular flexibility index (Phi) is 7.33. The van der Waals surface area contributed by atoms with Crippen molar-refractivity contribution in [1.82, 2.24) is 14.8 Å². The Bertz CT molecular complexity index is 1010. The van der Waals surface area contributed by atoms with E-state index in [1.165, 1.54) is 23.9 Å². The molecule has 0 saturated carbocycles. The van der Waals surface area contributed by atoms with Crippen LogP contribution in [0.5, 0.6) is 0 Å². The first kappa shape index (κ1) is 21.5.